The summed E-state index contributed by atoms with van der Waals surface area (Å²) >= 11 is 0. The topological polar surface area (TPSA) is 226 Å². The number of carbonyl (C=O) groups is 4. The summed E-state index contributed by atoms with van der Waals surface area (Å²) in [5.74, 6) is -3.58. The molecule has 0 saturated carbocycles. The Hall–Kier alpha value is -6.64. The van der Waals surface area contributed by atoms with Gasteiger partial charge in [0, 0.05) is 18.4 Å². The number of amidine groups is 1. The van der Waals surface area contributed by atoms with Crippen LogP contribution in [0.25, 0.3) is 0 Å². The molecule has 13 nitrogen and oxygen atoms in total. The minimum Gasteiger partial charge on any atom is -0.384 e. The van der Waals surface area contributed by atoms with Crippen LogP contribution in [0.2, 0.25) is 0 Å². The number of rotatable bonds is 19. The van der Waals surface area contributed by atoms with Crippen LogP contribution >= 0.6 is 0 Å². The SMILES string of the molecule is N=C(N)c1ccc(C[C@H](NC(=O)[C@H](Cc2ccccc2)NC(=O)[C@@H](Cc2ccccc2)NS(=O)(=O)Cc2ccccc2)C(=O)N[C@H](C(N)=O)c2ccccc2)cc1. The zero-order chi connectivity index (χ0) is 40.8. The lowest BCUT2D eigenvalue weighted by Crippen LogP contribution is -2.58. The van der Waals surface area contributed by atoms with Crippen molar-refractivity contribution in [3.63, 3.8) is 0 Å². The van der Waals surface area contributed by atoms with Crippen molar-refractivity contribution in [3.8, 4) is 0 Å². The highest BCUT2D eigenvalue weighted by atomic mass is 32.2. The molecule has 0 aliphatic carbocycles. The second-order valence-corrected chi connectivity index (χ2v) is 15.2. The first-order valence-corrected chi connectivity index (χ1v) is 19.8. The lowest BCUT2D eigenvalue weighted by atomic mass is 10.00. The molecule has 0 radical (unpaired) electrons. The molecule has 4 amide bonds. The summed E-state index contributed by atoms with van der Waals surface area (Å²) in [7, 11) is -4.05. The summed E-state index contributed by atoms with van der Waals surface area (Å²) in [4.78, 5) is 55.1. The van der Waals surface area contributed by atoms with Crippen molar-refractivity contribution in [2.45, 2.75) is 49.2 Å². The maximum Gasteiger partial charge on any atom is 0.244 e. The number of hydrogen-bond acceptors (Lipinski definition) is 7. The molecular weight excluding hydrogens is 743 g/mol. The molecule has 14 heteroatoms. The fourth-order valence-electron chi connectivity index (χ4n) is 6.17. The first-order chi connectivity index (χ1) is 27.4. The summed E-state index contributed by atoms with van der Waals surface area (Å²) in [6.45, 7) is 0. The Bertz CT molecular complexity index is 2240. The van der Waals surface area contributed by atoms with Crippen molar-refractivity contribution in [2.75, 3.05) is 0 Å². The molecular formula is C43H45N7O6S. The molecule has 0 spiro atoms. The van der Waals surface area contributed by atoms with Gasteiger partial charge in [0.05, 0.1) is 5.75 Å². The molecule has 0 aliphatic heterocycles. The smallest absolute Gasteiger partial charge is 0.244 e. The predicted molar refractivity (Wildman–Crippen MR) is 218 cm³/mol. The second-order valence-electron chi connectivity index (χ2n) is 13.5. The molecule has 0 aliphatic rings. The Morgan fingerprint density at radius 1 is 0.509 bits per heavy atom. The Kier molecular flexibility index (Phi) is 14.4. The van der Waals surface area contributed by atoms with Crippen molar-refractivity contribution < 1.29 is 27.6 Å². The Labute approximate surface area is 331 Å². The van der Waals surface area contributed by atoms with E-state index in [1.807, 2.05) is 0 Å². The normalized spacial score (nSPS) is 13.3. The van der Waals surface area contributed by atoms with Crippen molar-refractivity contribution in [1.82, 2.24) is 20.7 Å². The highest BCUT2D eigenvalue weighted by molar-refractivity contribution is 7.88. The molecule has 0 aromatic heterocycles. The van der Waals surface area contributed by atoms with E-state index in [-0.39, 0.29) is 30.9 Å². The third-order valence-corrected chi connectivity index (χ3v) is 10.4. The minimum atomic E-state index is -4.05. The number of nitrogens with one attached hydrogen (secondary N) is 5. The second kappa shape index (κ2) is 19.8. The number of sulfonamides is 1. The molecule has 57 heavy (non-hydrogen) atoms. The number of hydrogen-bond donors (Lipinski definition) is 7. The van der Waals surface area contributed by atoms with Gasteiger partial charge in [-0.15, -0.1) is 0 Å². The number of nitrogen functional groups attached to an aromatic ring is 1. The number of benzene rings is 5. The third-order valence-electron chi connectivity index (χ3n) is 9.08. The largest absolute Gasteiger partial charge is 0.384 e. The van der Waals surface area contributed by atoms with Crippen LogP contribution in [0.15, 0.2) is 146 Å². The van der Waals surface area contributed by atoms with E-state index in [9.17, 15) is 27.6 Å². The van der Waals surface area contributed by atoms with Gasteiger partial charge in [0.15, 0.2) is 0 Å². The van der Waals surface area contributed by atoms with E-state index in [0.29, 0.717) is 33.4 Å². The van der Waals surface area contributed by atoms with E-state index in [1.165, 1.54) is 0 Å². The van der Waals surface area contributed by atoms with E-state index in [2.05, 4.69) is 20.7 Å². The minimum absolute atomic E-state index is 0.0111. The molecule has 9 N–H and O–H groups in total. The van der Waals surface area contributed by atoms with Gasteiger partial charge in [0.25, 0.3) is 0 Å². The number of nitrogens with two attached hydrogens (primary N) is 2. The Morgan fingerprint density at radius 2 is 0.895 bits per heavy atom. The van der Waals surface area contributed by atoms with Gasteiger partial charge in [-0.05, 0) is 34.2 Å². The molecule has 0 fully saturated rings. The molecule has 5 aromatic carbocycles. The summed E-state index contributed by atoms with van der Waals surface area (Å²) < 4.78 is 29.4. The molecule has 0 heterocycles. The summed E-state index contributed by atoms with van der Waals surface area (Å²) in [6, 6.07) is 36.1. The van der Waals surface area contributed by atoms with Crippen molar-refractivity contribution in [2.24, 2.45) is 11.5 Å². The van der Waals surface area contributed by atoms with Gasteiger partial charge < -0.3 is 27.4 Å². The quantitative estimate of drug-likeness (QED) is 0.0489. The van der Waals surface area contributed by atoms with Crippen LogP contribution in [-0.2, 0) is 54.2 Å². The van der Waals surface area contributed by atoms with Crippen LogP contribution in [0.1, 0.15) is 39.4 Å². The molecule has 5 aromatic rings. The average molecular weight is 788 g/mol. The van der Waals surface area contributed by atoms with Gasteiger partial charge >= 0.3 is 0 Å². The standard InChI is InChI=1S/C43H45N7O6S/c44-39(45)34-23-21-31(22-24-34)26-36(42(53)49-38(40(46)51)33-19-11-4-12-20-33)47-41(52)35(25-29-13-5-1-6-14-29)48-43(54)37(27-30-15-7-2-8-16-30)50-57(55,56)28-32-17-9-3-10-18-32/h1-24,35-38,50H,25-28H2,(H3,44,45)(H2,46,51)(H,47,52)(H,48,54)(H,49,53)/t35-,36-,37+,38-/m0/s1. The van der Waals surface area contributed by atoms with Gasteiger partial charge in [-0.3, -0.25) is 24.6 Å². The maximum absolute atomic E-state index is 14.3. The summed E-state index contributed by atoms with van der Waals surface area (Å²) in [6.07, 6.45) is -0.0869. The van der Waals surface area contributed by atoms with E-state index in [4.69, 9.17) is 16.9 Å². The van der Waals surface area contributed by atoms with Crippen LogP contribution in [0.3, 0.4) is 0 Å². The predicted octanol–water partition coefficient (Wildman–Crippen LogP) is 2.80. The van der Waals surface area contributed by atoms with Gasteiger partial charge in [-0.25, -0.2) is 13.1 Å². The van der Waals surface area contributed by atoms with Crippen molar-refractivity contribution in [1.29, 1.82) is 5.41 Å². The highest BCUT2D eigenvalue weighted by Crippen LogP contribution is 2.15. The number of carbonyl (C=O) groups excluding carboxylic acids is 4. The molecule has 4 atom stereocenters. The Morgan fingerprint density at radius 3 is 1.35 bits per heavy atom. The number of primary amides is 1. The summed E-state index contributed by atoms with van der Waals surface area (Å²) in [5.41, 5.74) is 14.7. The fraction of sp³-hybridized carbons (Fsp3) is 0.186. The van der Waals surface area contributed by atoms with Crippen molar-refractivity contribution in [3.05, 3.63) is 179 Å². The molecule has 0 saturated heterocycles. The molecule has 0 unspecified atom stereocenters. The lowest BCUT2D eigenvalue weighted by Gasteiger charge is -2.26. The van der Waals surface area contributed by atoms with E-state index >= 15 is 0 Å². The van der Waals surface area contributed by atoms with Crippen molar-refractivity contribution >= 4 is 39.5 Å². The first kappa shape index (κ1) is 41.5. The third kappa shape index (κ3) is 12.7. The van der Waals surface area contributed by atoms with Crippen LogP contribution < -0.4 is 32.1 Å². The van der Waals surface area contributed by atoms with Crippen LogP contribution in [0, 0.1) is 5.41 Å². The fourth-order valence-corrected chi connectivity index (χ4v) is 7.50. The Balaban J connectivity index is 1.44. The maximum atomic E-state index is 14.3. The monoisotopic (exact) mass is 787 g/mol. The van der Waals surface area contributed by atoms with Gasteiger partial charge in [0.2, 0.25) is 33.7 Å². The molecule has 294 valence electrons. The zero-order valence-electron chi connectivity index (χ0n) is 31.0. The number of amides is 4. The van der Waals surface area contributed by atoms with Crippen LogP contribution in [0.4, 0.5) is 0 Å². The average Bonchev–Trinajstić information content (AvgIpc) is 3.20. The van der Waals surface area contributed by atoms with E-state index in [1.54, 1.807) is 146 Å². The van der Waals surface area contributed by atoms with Gasteiger partial charge in [-0.2, -0.15) is 0 Å². The molecule has 5 rings (SSSR count). The van der Waals surface area contributed by atoms with Crippen LogP contribution in [0.5, 0.6) is 0 Å². The first-order valence-electron chi connectivity index (χ1n) is 18.2. The highest BCUT2D eigenvalue weighted by Gasteiger charge is 2.33. The van der Waals surface area contributed by atoms with Gasteiger partial charge in [-0.1, -0.05) is 146 Å². The zero-order valence-corrected chi connectivity index (χ0v) is 31.8. The van der Waals surface area contributed by atoms with E-state index < -0.39 is 57.8 Å². The van der Waals surface area contributed by atoms with Gasteiger partial charge in [0.1, 0.15) is 30.0 Å². The molecule has 0 bridgehead atoms. The summed E-state index contributed by atoms with van der Waals surface area (Å²) in [5, 5.41) is 15.9. The lowest BCUT2D eigenvalue weighted by molar-refractivity contribution is -0.133. The van der Waals surface area contributed by atoms with Crippen LogP contribution in [-0.4, -0.2) is 56.0 Å². The van der Waals surface area contributed by atoms with E-state index in [0.717, 1.165) is 0 Å².